The van der Waals surface area contributed by atoms with E-state index in [9.17, 15) is 4.79 Å². The Labute approximate surface area is 112 Å². The van der Waals surface area contributed by atoms with Crippen LogP contribution in [0.25, 0.3) is 10.8 Å². The molecule has 0 amide bonds. The molecule has 0 saturated carbocycles. The molecule has 4 heteroatoms. The molecule has 1 saturated heterocycles. The van der Waals surface area contributed by atoms with Crippen molar-refractivity contribution in [1.29, 1.82) is 0 Å². The summed E-state index contributed by atoms with van der Waals surface area (Å²) in [5, 5.41) is 1.79. The van der Waals surface area contributed by atoms with Gasteiger partial charge in [0.05, 0.1) is 0 Å². The van der Waals surface area contributed by atoms with E-state index in [0.717, 1.165) is 42.8 Å². The van der Waals surface area contributed by atoms with E-state index in [1.54, 1.807) is 0 Å². The van der Waals surface area contributed by atoms with Gasteiger partial charge in [0.2, 0.25) is 0 Å². The summed E-state index contributed by atoms with van der Waals surface area (Å²) in [5.74, 6) is 0.941. The molecule has 1 aliphatic rings. The summed E-state index contributed by atoms with van der Waals surface area (Å²) < 4.78 is 0. The van der Waals surface area contributed by atoms with E-state index >= 15 is 0 Å². The van der Waals surface area contributed by atoms with Gasteiger partial charge in [-0.05, 0) is 31.5 Å². The fourth-order valence-corrected chi connectivity index (χ4v) is 2.59. The first-order chi connectivity index (χ1) is 9.13. The number of aromatic amines is 1. The highest BCUT2D eigenvalue weighted by Crippen LogP contribution is 2.18. The summed E-state index contributed by atoms with van der Waals surface area (Å²) in [6.45, 7) is 6.05. The molecule has 1 aliphatic heterocycles. The average Bonchev–Trinajstić information content (AvgIpc) is 2.38. The first kappa shape index (κ1) is 12.2. The Hall–Kier alpha value is -1.81. The number of aryl methyl sites for hydroxylation is 1. The quantitative estimate of drug-likeness (QED) is 0.843. The molecule has 2 aromatic rings. The summed E-state index contributed by atoms with van der Waals surface area (Å²) >= 11 is 0. The Balaban J connectivity index is 2.03. The molecule has 1 aromatic carbocycles. The molecule has 0 atom stereocenters. The summed E-state index contributed by atoms with van der Waals surface area (Å²) in [5.41, 5.74) is 1.19. The zero-order valence-electron chi connectivity index (χ0n) is 11.4. The van der Waals surface area contributed by atoms with Crippen LogP contribution in [0.15, 0.2) is 29.1 Å². The predicted octanol–water partition coefficient (Wildman–Crippen LogP) is 1.59. The number of piperazine rings is 1. The lowest BCUT2D eigenvalue weighted by Gasteiger charge is -2.33. The van der Waals surface area contributed by atoms with Crippen LogP contribution in [0.1, 0.15) is 5.56 Å². The Morgan fingerprint density at radius 3 is 2.58 bits per heavy atom. The summed E-state index contributed by atoms with van der Waals surface area (Å²) in [7, 11) is 2.13. The number of anilines is 1. The van der Waals surface area contributed by atoms with Crippen molar-refractivity contribution in [2.45, 2.75) is 6.92 Å². The van der Waals surface area contributed by atoms with Crippen LogP contribution < -0.4 is 10.5 Å². The van der Waals surface area contributed by atoms with Gasteiger partial charge in [0, 0.05) is 31.6 Å². The van der Waals surface area contributed by atoms with E-state index in [1.165, 1.54) is 5.56 Å². The van der Waals surface area contributed by atoms with E-state index in [2.05, 4.69) is 40.9 Å². The van der Waals surface area contributed by atoms with Crippen molar-refractivity contribution in [3.05, 3.63) is 40.2 Å². The second kappa shape index (κ2) is 4.70. The SMILES string of the molecule is Cc1ccc2c(=O)[nH]c(N3CCN(C)CC3)cc2c1. The minimum absolute atomic E-state index is 0.00595. The number of benzene rings is 1. The number of pyridine rings is 1. The highest BCUT2D eigenvalue weighted by atomic mass is 16.1. The van der Waals surface area contributed by atoms with E-state index < -0.39 is 0 Å². The van der Waals surface area contributed by atoms with Gasteiger partial charge in [-0.3, -0.25) is 4.79 Å². The number of aromatic nitrogens is 1. The average molecular weight is 257 g/mol. The second-order valence-corrected chi connectivity index (χ2v) is 5.36. The van der Waals surface area contributed by atoms with Gasteiger partial charge in [0.15, 0.2) is 0 Å². The molecular formula is C15H19N3O. The minimum atomic E-state index is 0.00595. The van der Waals surface area contributed by atoms with E-state index in [0.29, 0.717) is 0 Å². The molecule has 4 nitrogen and oxygen atoms in total. The fourth-order valence-electron chi connectivity index (χ4n) is 2.59. The Morgan fingerprint density at radius 2 is 1.84 bits per heavy atom. The molecule has 1 fully saturated rings. The summed E-state index contributed by atoms with van der Waals surface area (Å²) in [6, 6.07) is 8.05. The van der Waals surface area contributed by atoms with Crippen molar-refractivity contribution in [3.8, 4) is 0 Å². The van der Waals surface area contributed by atoms with Crippen LogP contribution >= 0.6 is 0 Å². The van der Waals surface area contributed by atoms with E-state index in [-0.39, 0.29) is 5.56 Å². The molecule has 1 N–H and O–H groups in total. The van der Waals surface area contributed by atoms with Crippen LogP contribution in [0.4, 0.5) is 5.82 Å². The third-order valence-electron chi connectivity index (χ3n) is 3.83. The van der Waals surface area contributed by atoms with Crippen molar-refractivity contribution >= 4 is 16.6 Å². The molecule has 0 aliphatic carbocycles. The maximum Gasteiger partial charge on any atom is 0.257 e. The lowest BCUT2D eigenvalue weighted by atomic mass is 10.1. The number of likely N-dealkylation sites (N-methyl/N-ethyl adjacent to an activating group) is 1. The monoisotopic (exact) mass is 257 g/mol. The fraction of sp³-hybridized carbons (Fsp3) is 0.400. The molecule has 0 bridgehead atoms. The summed E-state index contributed by atoms with van der Waals surface area (Å²) in [4.78, 5) is 19.7. The molecule has 3 rings (SSSR count). The van der Waals surface area contributed by atoms with Crippen LogP contribution in [-0.4, -0.2) is 43.1 Å². The zero-order valence-corrected chi connectivity index (χ0v) is 11.4. The van der Waals surface area contributed by atoms with Gasteiger partial charge in [-0.25, -0.2) is 0 Å². The Bertz CT molecular complexity index is 654. The van der Waals surface area contributed by atoms with Gasteiger partial charge >= 0.3 is 0 Å². The maximum atomic E-state index is 12.1. The normalized spacial score (nSPS) is 17.1. The van der Waals surface area contributed by atoms with Gasteiger partial charge in [0.25, 0.3) is 5.56 Å². The van der Waals surface area contributed by atoms with Crippen LogP contribution in [-0.2, 0) is 0 Å². The molecule has 0 spiro atoms. The number of rotatable bonds is 1. The lowest BCUT2D eigenvalue weighted by Crippen LogP contribution is -2.45. The van der Waals surface area contributed by atoms with Crippen molar-refractivity contribution in [3.63, 3.8) is 0 Å². The molecule has 19 heavy (non-hydrogen) atoms. The highest BCUT2D eigenvalue weighted by Gasteiger charge is 2.15. The van der Waals surface area contributed by atoms with Crippen LogP contribution in [0.3, 0.4) is 0 Å². The Morgan fingerprint density at radius 1 is 1.11 bits per heavy atom. The van der Waals surface area contributed by atoms with E-state index in [4.69, 9.17) is 0 Å². The van der Waals surface area contributed by atoms with Crippen molar-refractivity contribution in [1.82, 2.24) is 9.88 Å². The van der Waals surface area contributed by atoms with Crippen molar-refractivity contribution in [2.24, 2.45) is 0 Å². The smallest absolute Gasteiger partial charge is 0.257 e. The Kier molecular flexibility index (Phi) is 3.03. The number of H-pyrrole nitrogens is 1. The largest absolute Gasteiger partial charge is 0.356 e. The molecule has 2 heterocycles. The van der Waals surface area contributed by atoms with Gasteiger partial charge in [-0.1, -0.05) is 17.7 Å². The number of nitrogens with zero attached hydrogens (tertiary/aromatic N) is 2. The molecule has 0 radical (unpaired) electrons. The lowest BCUT2D eigenvalue weighted by molar-refractivity contribution is 0.312. The van der Waals surface area contributed by atoms with Crippen LogP contribution in [0.2, 0.25) is 0 Å². The first-order valence-electron chi connectivity index (χ1n) is 6.71. The van der Waals surface area contributed by atoms with E-state index in [1.807, 2.05) is 12.1 Å². The van der Waals surface area contributed by atoms with Crippen LogP contribution in [0.5, 0.6) is 0 Å². The van der Waals surface area contributed by atoms with Crippen molar-refractivity contribution in [2.75, 3.05) is 38.1 Å². The molecular weight excluding hydrogens is 238 g/mol. The molecule has 100 valence electrons. The standard InChI is InChI=1S/C15H19N3O/c1-11-3-4-13-12(9-11)10-14(16-15(13)19)18-7-5-17(2)6-8-18/h3-4,9-10H,5-8H2,1-2H3,(H,16,19). The first-order valence-corrected chi connectivity index (χ1v) is 6.71. The third-order valence-corrected chi connectivity index (χ3v) is 3.83. The summed E-state index contributed by atoms with van der Waals surface area (Å²) in [6.07, 6.45) is 0. The third kappa shape index (κ3) is 2.36. The van der Waals surface area contributed by atoms with Crippen molar-refractivity contribution < 1.29 is 0 Å². The zero-order chi connectivity index (χ0) is 13.4. The second-order valence-electron chi connectivity index (χ2n) is 5.36. The predicted molar refractivity (Wildman–Crippen MR) is 79.0 cm³/mol. The van der Waals surface area contributed by atoms with Crippen LogP contribution in [0, 0.1) is 6.92 Å². The number of nitrogens with one attached hydrogen (secondary N) is 1. The highest BCUT2D eigenvalue weighted by molar-refractivity contribution is 5.84. The minimum Gasteiger partial charge on any atom is -0.356 e. The number of hydrogen-bond acceptors (Lipinski definition) is 3. The van der Waals surface area contributed by atoms with Gasteiger partial charge in [0.1, 0.15) is 5.82 Å². The van der Waals surface area contributed by atoms with Gasteiger partial charge in [-0.2, -0.15) is 0 Å². The number of hydrogen-bond donors (Lipinski definition) is 1. The molecule has 0 unspecified atom stereocenters. The number of fused-ring (bicyclic) bond motifs is 1. The molecule has 1 aromatic heterocycles. The maximum absolute atomic E-state index is 12.1. The van der Waals surface area contributed by atoms with Gasteiger partial charge in [-0.15, -0.1) is 0 Å². The topological polar surface area (TPSA) is 39.3 Å². The van der Waals surface area contributed by atoms with Gasteiger partial charge < -0.3 is 14.8 Å².